The maximum absolute atomic E-state index is 5.47. The fourth-order valence-electron chi connectivity index (χ4n) is 3.19. The van der Waals surface area contributed by atoms with Crippen LogP contribution in [-0.2, 0) is 16.7 Å². The molecule has 0 amide bonds. The normalized spacial score (nSPS) is 33.9. The van der Waals surface area contributed by atoms with Gasteiger partial charge in [0.2, 0.25) is 0 Å². The van der Waals surface area contributed by atoms with Crippen molar-refractivity contribution in [3.8, 4) is 0 Å². The van der Waals surface area contributed by atoms with Crippen LogP contribution in [0.15, 0.2) is 11.4 Å². The summed E-state index contributed by atoms with van der Waals surface area (Å²) in [4.78, 5) is 1.60. The van der Waals surface area contributed by atoms with Crippen molar-refractivity contribution in [3.05, 3.63) is 21.9 Å². The highest BCUT2D eigenvalue weighted by molar-refractivity contribution is 7.10. The highest BCUT2D eigenvalue weighted by atomic mass is 32.1. The number of fused-ring (bicyclic) bond motifs is 2. The third-order valence-corrected chi connectivity index (χ3v) is 5.32. The summed E-state index contributed by atoms with van der Waals surface area (Å²) in [6.07, 6.45) is 6.55. The van der Waals surface area contributed by atoms with E-state index in [1.54, 1.807) is 10.4 Å². The number of hydrogen-bond acceptors (Lipinski definition) is 3. The molecule has 1 aromatic heterocycles. The molecule has 0 unspecified atom stereocenters. The molecule has 2 nitrogen and oxygen atoms in total. The van der Waals surface area contributed by atoms with Crippen molar-refractivity contribution >= 4 is 11.3 Å². The molecule has 1 aliphatic carbocycles. The van der Waals surface area contributed by atoms with E-state index in [1.165, 1.54) is 32.1 Å². The minimum atomic E-state index is 0.288. The molecular weight excluding hydrogens is 218 g/mol. The monoisotopic (exact) mass is 237 g/mol. The van der Waals surface area contributed by atoms with Gasteiger partial charge in [-0.3, -0.25) is 0 Å². The number of ether oxygens (including phenoxy) is 1. The van der Waals surface area contributed by atoms with Crippen LogP contribution < -0.4 is 5.32 Å². The lowest BCUT2D eigenvalue weighted by atomic mass is 9.76. The van der Waals surface area contributed by atoms with Gasteiger partial charge in [-0.25, -0.2) is 0 Å². The average molecular weight is 237 g/mol. The molecule has 2 heterocycles. The van der Waals surface area contributed by atoms with Crippen molar-refractivity contribution in [2.45, 2.75) is 43.7 Å². The van der Waals surface area contributed by atoms with E-state index in [9.17, 15) is 0 Å². The van der Waals surface area contributed by atoms with Crippen LogP contribution in [0, 0.1) is 0 Å². The van der Waals surface area contributed by atoms with E-state index in [4.69, 9.17) is 4.74 Å². The van der Waals surface area contributed by atoms with Gasteiger partial charge in [0.15, 0.2) is 0 Å². The first kappa shape index (κ1) is 10.8. The lowest BCUT2D eigenvalue weighted by molar-refractivity contribution is 0.0398. The van der Waals surface area contributed by atoms with E-state index >= 15 is 0 Å². The molecule has 1 aromatic rings. The zero-order chi connectivity index (χ0) is 11.0. The summed E-state index contributed by atoms with van der Waals surface area (Å²) in [6, 6.07) is 2.31. The van der Waals surface area contributed by atoms with Gasteiger partial charge in [0, 0.05) is 18.5 Å². The smallest absolute Gasteiger partial charge is 0.0573 e. The van der Waals surface area contributed by atoms with Gasteiger partial charge in [0.1, 0.15) is 0 Å². The molecule has 1 fully saturated rings. The van der Waals surface area contributed by atoms with Crippen LogP contribution in [-0.4, -0.2) is 19.8 Å². The first-order chi connectivity index (χ1) is 7.84. The molecule has 2 aliphatic rings. The van der Waals surface area contributed by atoms with Crippen LogP contribution in [0.2, 0.25) is 0 Å². The number of methoxy groups -OCH3 is 1. The summed E-state index contributed by atoms with van der Waals surface area (Å²) in [6.45, 7) is 1.14. The number of hydrogen-bond donors (Lipinski definition) is 1. The minimum absolute atomic E-state index is 0.288. The maximum atomic E-state index is 5.47. The van der Waals surface area contributed by atoms with Gasteiger partial charge in [0.05, 0.1) is 11.6 Å². The van der Waals surface area contributed by atoms with Crippen molar-refractivity contribution in [1.29, 1.82) is 0 Å². The molecule has 16 heavy (non-hydrogen) atoms. The van der Waals surface area contributed by atoms with Gasteiger partial charge in [0.25, 0.3) is 0 Å². The van der Waals surface area contributed by atoms with Crippen LogP contribution in [0.25, 0.3) is 0 Å². The predicted molar refractivity (Wildman–Crippen MR) is 67.0 cm³/mol. The fourth-order valence-corrected chi connectivity index (χ4v) is 4.38. The van der Waals surface area contributed by atoms with Gasteiger partial charge in [-0.15, -0.1) is 11.3 Å². The topological polar surface area (TPSA) is 21.3 Å². The molecule has 1 aliphatic heterocycles. The van der Waals surface area contributed by atoms with E-state index in [0.717, 1.165) is 6.54 Å². The molecule has 0 atom stereocenters. The van der Waals surface area contributed by atoms with Gasteiger partial charge in [-0.05, 0) is 49.1 Å². The highest BCUT2D eigenvalue weighted by Crippen LogP contribution is 2.43. The molecule has 3 heteroatoms. The molecule has 1 saturated carbocycles. The molecule has 0 aromatic carbocycles. The Morgan fingerprint density at radius 3 is 3.00 bits per heavy atom. The zero-order valence-corrected chi connectivity index (χ0v) is 10.6. The van der Waals surface area contributed by atoms with Crippen LogP contribution in [0.5, 0.6) is 0 Å². The Kier molecular flexibility index (Phi) is 2.78. The zero-order valence-electron chi connectivity index (χ0n) is 9.79. The van der Waals surface area contributed by atoms with Crippen LogP contribution in [0.4, 0.5) is 0 Å². The SMILES string of the molecule is COC1CCC2(CC1)NCCc1ccsc12. The standard InChI is InChI=1S/C13H19NOS/c1-15-11-2-6-13(7-3-11)12-10(4-8-14-13)5-9-16-12/h5,9,11,14H,2-4,6-8H2,1H3. The molecule has 3 rings (SSSR count). The second kappa shape index (κ2) is 4.13. The second-order valence-corrected chi connectivity index (χ2v) is 5.89. The molecule has 1 spiro atoms. The lowest BCUT2D eigenvalue weighted by Gasteiger charge is -2.43. The van der Waals surface area contributed by atoms with Gasteiger partial charge in [-0.2, -0.15) is 0 Å². The largest absolute Gasteiger partial charge is 0.381 e. The Labute approximate surface area is 101 Å². The first-order valence-electron chi connectivity index (χ1n) is 6.19. The molecule has 1 N–H and O–H groups in total. The summed E-state index contributed by atoms with van der Waals surface area (Å²) in [7, 11) is 1.84. The number of thiophene rings is 1. The summed E-state index contributed by atoms with van der Waals surface area (Å²) < 4.78 is 5.47. The second-order valence-electron chi connectivity index (χ2n) is 4.97. The van der Waals surface area contributed by atoms with Gasteiger partial charge < -0.3 is 10.1 Å². The molecule has 0 bridgehead atoms. The van der Waals surface area contributed by atoms with Crippen LogP contribution >= 0.6 is 11.3 Å². The number of rotatable bonds is 1. The fraction of sp³-hybridized carbons (Fsp3) is 0.692. The van der Waals surface area contributed by atoms with E-state index in [0.29, 0.717) is 6.10 Å². The van der Waals surface area contributed by atoms with Crippen molar-refractivity contribution in [1.82, 2.24) is 5.32 Å². The van der Waals surface area contributed by atoms with E-state index in [-0.39, 0.29) is 5.54 Å². The minimum Gasteiger partial charge on any atom is -0.381 e. The van der Waals surface area contributed by atoms with Crippen molar-refractivity contribution in [2.24, 2.45) is 0 Å². The molecule has 0 saturated heterocycles. The van der Waals surface area contributed by atoms with Gasteiger partial charge >= 0.3 is 0 Å². The Bertz CT molecular complexity index is 366. The van der Waals surface area contributed by atoms with Crippen LogP contribution in [0.1, 0.15) is 36.1 Å². The predicted octanol–water partition coefficient (Wildman–Crippen LogP) is 2.68. The first-order valence-corrected chi connectivity index (χ1v) is 7.07. The van der Waals surface area contributed by atoms with Crippen molar-refractivity contribution < 1.29 is 4.74 Å². The third kappa shape index (κ3) is 1.62. The Morgan fingerprint density at radius 2 is 2.25 bits per heavy atom. The maximum Gasteiger partial charge on any atom is 0.0573 e. The number of nitrogens with one attached hydrogen (secondary N) is 1. The third-order valence-electron chi connectivity index (χ3n) is 4.16. The Balaban J connectivity index is 1.86. The Morgan fingerprint density at radius 1 is 1.44 bits per heavy atom. The van der Waals surface area contributed by atoms with E-state index in [1.807, 2.05) is 18.4 Å². The summed E-state index contributed by atoms with van der Waals surface area (Å²) in [5.41, 5.74) is 1.87. The van der Waals surface area contributed by atoms with E-state index < -0.39 is 0 Å². The average Bonchev–Trinajstić information content (AvgIpc) is 2.80. The quantitative estimate of drug-likeness (QED) is 0.811. The summed E-state index contributed by atoms with van der Waals surface area (Å²) in [5, 5.41) is 6.03. The molecular formula is C13H19NOS. The molecule has 88 valence electrons. The van der Waals surface area contributed by atoms with Crippen molar-refractivity contribution in [3.63, 3.8) is 0 Å². The lowest BCUT2D eigenvalue weighted by Crippen LogP contribution is -2.49. The van der Waals surface area contributed by atoms with E-state index in [2.05, 4.69) is 16.8 Å². The van der Waals surface area contributed by atoms with Crippen molar-refractivity contribution in [2.75, 3.05) is 13.7 Å². The summed E-state index contributed by atoms with van der Waals surface area (Å²) in [5.74, 6) is 0. The molecule has 0 radical (unpaired) electrons. The van der Waals surface area contributed by atoms with Crippen LogP contribution in [0.3, 0.4) is 0 Å². The summed E-state index contributed by atoms with van der Waals surface area (Å²) >= 11 is 1.94. The van der Waals surface area contributed by atoms with Gasteiger partial charge in [-0.1, -0.05) is 0 Å². The highest BCUT2D eigenvalue weighted by Gasteiger charge is 2.40. The Hall–Kier alpha value is -0.380.